The summed E-state index contributed by atoms with van der Waals surface area (Å²) in [6.45, 7) is 6.07. The summed E-state index contributed by atoms with van der Waals surface area (Å²) in [6.07, 6.45) is 1.62. The highest BCUT2D eigenvalue weighted by molar-refractivity contribution is 9.10. The summed E-state index contributed by atoms with van der Waals surface area (Å²) in [4.78, 5) is 12.2. The minimum absolute atomic E-state index is 0.0589. The van der Waals surface area contributed by atoms with Crippen LogP contribution in [0.25, 0.3) is 0 Å². The lowest BCUT2D eigenvalue weighted by Crippen LogP contribution is -2.45. The zero-order chi connectivity index (χ0) is 13.8. The summed E-state index contributed by atoms with van der Waals surface area (Å²) in [5.41, 5.74) is 1.54. The van der Waals surface area contributed by atoms with Crippen molar-refractivity contribution in [2.75, 3.05) is 5.88 Å². The van der Waals surface area contributed by atoms with Crippen LogP contribution < -0.4 is 5.32 Å². The molecule has 0 spiro atoms. The predicted molar refractivity (Wildman–Crippen MR) is 80.4 cm³/mol. The van der Waals surface area contributed by atoms with Crippen LogP contribution in [0.1, 0.15) is 42.6 Å². The molecule has 0 aromatic heterocycles. The quantitative estimate of drug-likeness (QED) is 0.801. The summed E-state index contributed by atoms with van der Waals surface area (Å²) in [5.74, 6) is 0.482. The van der Waals surface area contributed by atoms with Gasteiger partial charge in [0.15, 0.2) is 0 Å². The molecule has 1 unspecified atom stereocenters. The Kier molecular flexibility index (Phi) is 5.67. The highest BCUT2D eigenvalue weighted by atomic mass is 79.9. The van der Waals surface area contributed by atoms with Crippen molar-refractivity contribution in [3.8, 4) is 0 Å². The fourth-order valence-corrected chi connectivity index (χ4v) is 2.77. The lowest BCUT2D eigenvalue weighted by Gasteiger charge is -2.29. The number of amides is 1. The fourth-order valence-electron chi connectivity index (χ4n) is 1.68. The summed E-state index contributed by atoms with van der Waals surface area (Å²) >= 11 is 9.21. The molecular formula is C14H19BrClNO. The fraction of sp³-hybridized carbons (Fsp3) is 0.500. The van der Waals surface area contributed by atoms with E-state index in [1.807, 2.05) is 32.0 Å². The van der Waals surface area contributed by atoms with E-state index in [0.29, 0.717) is 11.4 Å². The monoisotopic (exact) mass is 331 g/mol. The molecule has 0 fully saturated rings. The van der Waals surface area contributed by atoms with Gasteiger partial charge in [-0.2, -0.15) is 0 Å². The van der Waals surface area contributed by atoms with Crippen molar-refractivity contribution >= 4 is 33.4 Å². The maximum absolute atomic E-state index is 12.2. The van der Waals surface area contributed by atoms with E-state index in [0.717, 1.165) is 22.9 Å². The van der Waals surface area contributed by atoms with E-state index >= 15 is 0 Å². The summed E-state index contributed by atoms with van der Waals surface area (Å²) in [6, 6.07) is 5.72. The molecule has 4 heteroatoms. The third-order valence-electron chi connectivity index (χ3n) is 3.21. The molecular weight excluding hydrogens is 314 g/mol. The van der Waals surface area contributed by atoms with Gasteiger partial charge in [-0.3, -0.25) is 4.79 Å². The molecule has 1 rings (SSSR count). The number of nitrogens with one attached hydrogen (secondary N) is 1. The number of hydrogen-bond acceptors (Lipinski definition) is 1. The van der Waals surface area contributed by atoms with Crippen LogP contribution in [0.2, 0.25) is 0 Å². The minimum Gasteiger partial charge on any atom is -0.347 e. The van der Waals surface area contributed by atoms with Crippen LogP contribution in [0, 0.1) is 6.92 Å². The second-order valence-electron chi connectivity index (χ2n) is 4.79. The molecule has 0 saturated carbocycles. The number of hydrogen-bond donors (Lipinski definition) is 1. The van der Waals surface area contributed by atoms with Gasteiger partial charge in [0.05, 0.1) is 5.56 Å². The minimum atomic E-state index is -0.247. The summed E-state index contributed by atoms with van der Waals surface area (Å²) < 4.78 is 0.823. The SMILES string of the molecule is CCC(C)(CCCl)NC(=O)c1ccc(C)cc1Br. The molecule has 1 amide bonds. The Balaban J connectivity index is 2.87. The molecule has 1 N–H and O–H groups in total. The van der Waals surface area contributed by atoms with Crippen molar-refractivity contribution in [2.45, 2.75) is 39.2 Å². The summed E-state index contributed by atoms with van der Waals surface area (Å²) in [7, 11) is 0. The smallest absolute Gasteiger partial charge is 0.252 e. The van der Waals surface area contributed by atoms with E-state index in [1.165, 1.54) is 0 Å². The second-order valence-corrected chi connectivity index (χ2v) is 6.02. The predicted octanol–water partition coefficient (Wildman–Crippen LogP) is 4.28. The van der Waals surface area contributed by atoms with E-state index in [9.17, 15) is 4.79 Å². The first-order valence-corrected chi connectivity index (χ1v) is 7.39. The van der Waals surface area contributed by atoms with E-state index < -0.39 is 0 Å². The Bertz CT molecular complexity index is 436. The molecule has 0 radical (unpaired) electrons. The van der Waals surface area contributed by atoms with E-state index in [2.05, 4.69) is 28.2 Å². The Morgan fingerprint density at radius 2 is 2.17 bits per heavy atom. The van der Waals surface area contributed by atoms with E-state index in [-0.39, 0.29) is 11.4 Å². The molecule has 0 aliphatic heterocycles. The van der Waals surface area contributed by atoms with Crippen LogP contribution in [0.3, 0.4) is 0 Å². The van der Waals surface area contributed by atoms with Crippen LogP contribution in [0.15, 0.2) is 22.7 Å². The van der Waals surface area contributed by atoms with Crippen molar-refractivity contribution in [2.24, 2.45) is 0 Å². The topological polar surface area (TPSA) is 29.1 Å². The van der Waals surface area contributed by atoms with Gasteiger partial charge < -0.3 is 5.32 Å². The van der Waals surface area contributed by atoms with Crippen LogP contribution in [0.4, 0.5) is 0 Å². The highest BCUT2D eigenvalue weighted by Gasteiger charge is 2.24. The number of aryl methyl sites for hydroxylation is 1. The van der Waals surface area contributed by atoms with Crippen molar-refractivity contribution < 1.29 is 4.79 Å². The van der Waals surface area contributed by atoms with Crippen molar-refractivity contribution in [3.05, 3.63) is 33.8 Å². The van der Waals surface area contributed by atoms with Gasteiger partial charge in [0.1, 0.15) is 0 Å². The zero-order valence-corrected chi connectivity index (χ0v) is 13.4. The maximum atomic E-state index is 12.2. The Morgan fingerprint density at radius 1 is 1.50 bits per heavy atom. The molecule has 2 nitrogen and oxygen atoms in total. The lowest BCUT2D eigenvalue weighted by atomic mass is 9.95. The molecule has 0 bridgehead atoms. The standard InChI is InChI=1S/C14H19BrClNO/c1-4-14(3,7-8-16)17-13(18)11-6-5-10(2)9-12(11)15/h5-6,9H,4,7-8H2,1-3H3,(H,17,18). The van der Waals surface area contributed by atoms with Gasteiger partial charge in [-0.25, -0.2) is 0 Å². The maximum Gasteiger partial charge on any atom is 0.252 e. The third-order valence-corrected chi connectivity index (χ3v) is 4.06. The van der Waals surface area contributed by atoms with Gasteiger partial charge in [0.25, 0.3) is 5.91 Å². The van der Waals surface area contributed by atoms with Crippen molar-refractivity contribution in [1.29, 1.82) is 0 Å². The zero-order valence-electron chi connectivity index (χ0n) is 11.0. The van der Waals surface area contributed by atoms with Gasteiger partial charge in [0.2, 0.25) is 0 Å². The molecule has 0 aliphatic rings. The Hall–Kier alpha value is -0.540. The van der Waals surface area contributed by atoms with Gasteiger partial charge >= 0.3 is 0 Å². The molecule has 100 valence electrons. The molecule has 0 heterocycles. The molecule has 0 saturated heterocycles. The number of rotatable bonds is 5. The number of alkyl halides is 1. The first-order chi connectivity index (χ1) is 8.41. The first-order valence-electron chi connectivity index (χ1n) is 6.06. The largest absolute Gasteiger partial charge is 0.347 e. The normalized spacial score (nSPS) is 14.1. The lowest BCUT2D eigenvalue weighted by molar-refractivity contribution is 0.0901. The van der Waals surface area contributed by atoms with Crippen molar-refractivity contribution in [1.82, 2.24) is 5.32 Å². The average molecular weight is 333 g/mol. The number of halogens is 2. The third kappa shape index (κ3) is 3.99. The van der Waals surface area contributed by atoms with E-state index in [1.54, 1.807) is 0 Å². The Morgan fingerprint density at radius 3 is 2.67 bits per heavy atom. The number of benzene rings is 1. The van der Waals surface area contributed by atoms with Gasteiger partial charge in [-0.1, -0.05) is 13.0 Å². The number of carbonyl (C=O) groups excluding carboxylic acids is 1. The van der Waals surface area contributed by atoms with Gasteiger partial charge in [0, 0.05) is 15.9 Å². The first kappa shape index (κ1) is 15.5. The van der Waals surface area contributed by atoms with Crippen molar-refractivity contribution in [3.63, 3.8) is 0 Å². The number of carbonyl (C=O) groups is 1. The molecule has 18 heavy (non-hydrogen) atoms. The van der Waals surface area contributed by atoms with Gasteiger partial charge in [-0.15, -0.1) is 11.6 Å². The second kappa shape index (κ2) is 6.58. The van der Waals surface area contributed by atoms with E-state index in [4.69, 9.17) is 11.6 Å². The molecule has 1 atom stereocenters. The van der Waals surface area contributed by atoms with Crippen LogP contribution in [0.5, 0.6) is 0 Å². The van der Waals surface area contributed by atoms with Crippen LogP contribution >= 0.6 is 27.5 Å². The van der Waals surface area contributed by atoms with Gasteiger partial charge in [-0.05, 0) is 60.3 Å². The average Bonchev–Trinajstić information content (AvgIpc) is 2.28. The van der Waals surface area contributed by atoms with Crippen LogP contribution in [-0.2, 0) is 0 Å². The Labute approximate surface area is 122 Å². The highest BCUT2D eigenvalue weighted by Crippen LogP contribution is 2.21. The van der Waals surface area contributed by atoms with Crippen LogP contribution in [-0.4, -0.2) is 17.3 Å². The molecule has 1 aromatic carbocycles. The molecule has 0 aliphatic carbocycles. The molecule has 1 aromatic rings. The summed E-state index contributed by atoms with van der Waals surface area (Å²) in [5, 5.41) is 3.07.